The van der Waals surface area contributed by atoms with Crippen molar-refractivity contribution in [3.05, 3.63) is 0 Å². The van der Waals surface area contributed by atoms with Gasteiger partial charge >= 0.3 is 0 Å². The number of nitrogens with zero attached hydrogens (tertiary/aromatic N) is 1. The predicted octanol–water partition coefficient (Wildman–Crippen LogP) is 2.49. The molecular formula is C13H28N2. The Balaban J connectivity index is 2.42. The van der Waals surface area contributed by atoms with Crippen molar-refractivity contribution in [2.24, 2.45) is 5.41 Å². The topological polar surface area (TPSA) is 15.3 Å². The van der Waals surface area contributed by atoms with Crippen LogP contribution in [-0.2, 0) is 0 Å². The van der Waals surface area contributed by atoms with Crippen molar-refractivity contribution in [1.82, 2.24) is 10.2 Å². The fourth-order valence-corrected chi connectivity index (χ4v) is 2.22. The highest BCUT2D eigenvalue weighted by Crippen LogP contribution is 2.25. The Hall–Kier alpha value is -0.0800. The standard InChI is InChI=1S/C13H28N2/c1-6-13(4,5)7-8-15-11(2)9-14-10-12(15)3/h11-12,14H,6-10H2,1-5H3/t11-,12+. The van der Waals surface area contributed by atoms with Gasteiger partial charge in [-0.3, -0.25) is 4.90 Å². The fraction of sp³-hybridized carbons (Fsp3) is 1.00. The molecule has 0 spiro atoms. The van der Waals surface area contributed by atoms with Crippen LogP contribution in [0.5, 0.6) is 0 Å². The fourth-order valence-electron chi connectivity index (χ4n) is 2.22. The first kappa shape index (κ1) is 13.0. The van der Waals surface area contributed by atoms with Crippen LogP contribution in [0.1, 0.15) is 47.5 Å². The van der Waals surface area contributed by atoms with E-state index in [4.69, 9.17) is 0 Å². The van der Waals surface area contributed by atoms with E-state index in [0.717, 1.165) is 13.1 Å². The first-order valence-corrected chi connectivity index (χ1v) is 6.43. The van der Waals surface area contributed by atoms with Crippen LogP contribution >= 0.6 is 0 Å². The van der Waals surface area contributed by atoms with Crippen molar-refractivity contribution in [2.45, 2.75) is 59.5 Å². The number of nitrogens with one attached hydrogen (secondary N) is 1. The van der Waals surface area contributed by atoms with Crippen molar-refractivity contribution in [3.63, 3.8) is 0 Å². The maximum atomic E-state index is 3.48. The van der Waals surface area contributed by atoms with E-state index >= 15 is 0 Å². The Bertz CT molecular complexity index is 179. The average molecular weight is 212 g/mol. The molecule has 1 aliphatic rings. The summed E-state index contributed by atoms with van der Waals surface area (Å²) in [4.78, 5) is 2.66. The van der Waals surface area contributed by atoms with Crippen molar-refractivity contribution < 1.29 is 0 Å². The minimum absolute atomic E-state index is 0.504. The number of hydrogen-bond donors (Lipinski definition) is 1. The summed E-state index contributed by atoms with van der Waals surface area (Å²) in [5.74, 6) is 0. The highest BCUT2D eigenvalue weighted by molar-refractivity contribution is 4.83. The molecule has 2 nitrogen and oxygen atoms in total. The smallest absolute Gasteiger partial charge is 0.0195 e. The zero-order chi connectivity index (χ0) is 11.5. The maximum absolute atomic E-state index is 3.48. The summed E-state index contributed by atoms with van der Waals surface area (Å²) in [6.07, 6.45) is 2.60. The largest absolute Gasteiger partial charge is 0.314 e. The van der Waals surface area contributed by atoms with E-state index in [1.165, 1.54) is 19.4 Å². The first-order valence-electron chi connectivity index (χ1n) is 6.43. The SMILES string of the molecule is CCC(C)(C)CCN1[C@H](C)CNC[C@@H]1C. The number of rotatable bonds is 4. The van der Waals surface area contributed by atoms with E-state index in [2.05, 4.69) is 44.8 Å². The lowest BCUT2D eigenvalue weighted by Gasteiger charge is -2.41. The zero-order valence-electron chi connectivity index (χ0n) is 11.1. The molecule has 15 heavy (non-hydrogen) atoms. The molecule has 0 amide bonds. The highest BCUT2D eigenvalue weighted by atomic mass is 15.2. The predicted molar refractivity (Wildman–Crippen MR) is 67.2 cm³/mol. The van der Waals surface area contributed by atoms with Crippen LogP contribution < -0.4 is 5.32 Å². The molecule has 1 fully saturated rings. The van der Waals surface area contributed by atoms with Crippen LogP contribution in [0.2, 0.25) is 0 Å². The van der Waals surface area contributed by atoms with Gasteiger partial charge in [0, 0.05) is 25.2 Å². The van der Waals surface area contributed by atoms with E-state index in [0.29, 0.717) is 17.5 Å². The van der Waals surface area contributed by atoms with Crippen molar-refractivity contribution in [3.8, 4) is 0 Å². The lowest BCUT2D eigenvalue weighted by atomic mass is 9.86. The van der Waals surface area contributed by atoms with E-state index in [-0.39, 0.29) is 0 Å². The Labute approximate surface area is 95.4 Å². The van der Waals surface area contributed by atoms with Crippen LogP contribution in [0.25, 0.3) is 0 Å². The zero-order valence-corrected chi connectivity index (χ0v) is 11.1. The quantitative estimate of drug-likeness (QED) is 0.770. The molecule has 0 radical (unpaired) electrons. The molecule has 1 saturated heterocycles. The van der Waals surface area contributed by atoms with Gasteiger partial charge in [-0.25, -0.2) is 0 Å². The van der Waals surface area contributed by atoms with Gasteiger partial charge in [-0.15, -0.1) is 0 Å². The van der Waals surface area contributed by atoms with Crippen LogP contribution in [0, 0.1) is 5.41 Å². The lowest BCUT2D eigenvalue weighted by molar-refractivity contribution is 0.0981. The third kappa shape index (κ3) is 3.76. The molecule has 90 valence electrons. The molecule has 0 aromatic rings. The Morgan fingerprint density at radius 1 is 1.20 bits per heavy atom. The highest BCUT2D eigenvalue weighted by Gasteiger charge is 2.26. The van der Waals surface area contributed by atoms with Crippen molar-refractivity contribution in [2.75, 3.05) is 19.6 Å². The van der Waals surface area contributed by atoms with Gasteiger partial charge in [0.25, 0.3) is 0 Å². The molecule has 2 heteroatoms. The Kier molecular flexibility index (Phi) is 4.60. The van der Waals surface area contributed by atoms with Gasteiger partial charge in [-0.05, 0) is 32.2 Å². The molecule has 0 aliphatic carbocycles. The third-order valence-corrected chi connectivity index (χ3v) is 4.02. The van der Waals surface area contributed by atoms with E-state index < -0.39 is 0 Å². The van der Waals surface area contributed by atoms with Gasteiger partial charge in [0.05, 0.1) is 0 Å². The number of hydrogen-bond acceptors (Lipinski definition) is 2. The van der Waals surface area contributed by atoms with Gasteiger partial charge in [0.1, 0.15) is 0 Å². The second-order valence-electron chi connectivity index (χ2n) is 5.86. The van der Waals surface area contributed by atoms with Gasteiger partial charge < -0.3 is 5.32 Å². The molecule has 1 rings (SSSR count). The minimum Gasteiger partial charge on any atom is -0.314 e. The number of piperazine rings is 1. The lowest BCUT2D eigenvalue weighted by Crippen LogP contribution is -2.55. The average Bonchev–Trinajstić information content (AvgIpc) is 2.17. The van der Waals surface area contributed by atoms with Crippen LogP contribution in [-0.4, -0.2) is 36.6 Å². The van der Waals surface area contributed by atoms with Crippen LogP contribution in [0.4, 0.5) is 0 Å². The molecule has 0 saturated carbocycles. The molecule has 0 bridgehead atoms. The van der Waals surface area contributed by atoms with Crippen molar-refractivity contribution >= 4 is 0 Å². The molecule has 1 aliphatic heterocycles. The summed E-state index contributed by atoms with van der Waals surface area (Å²) in [7, 11) is 0. The summed E-state index contributed by atoms with van der Waals surface area (Å²) in [6, 6.07) is 1.39. The first-order chi connectivity index (χ1) is 6.96. The normalized spacial score (nSPS) is 29.4. The Morgan fingerprint density at radius 2 is 1.73 bits per heavy atom. The van der Waals surface area contributed by atoms with E-state index in [1.807, 2.05) is 0 Å². The van der Waals surface area contributed by atoms with E-state index in [1.54, 1.807) is 0 Å². The second-order valence-corrected chi connectivity index (χ2v) is 5.86. The van der Waals surface area contributed by atoms with Crippen LogP contribution in [0.3, 0.4) is 0 Å². The molecule has 0 aromatic carbocycles. The maximum Gasteiger partial charge on any atom is 0.0195 e. The molecule has 0 unspecified atom stereocenters. The summed E-state index contributed by atoms with van der Waals surface area (Å²) in [5, 5.41) is 3.48. The van der Waals surface area contributed by atoms with E-state index in [9.17, 15) is 0 Å². The monoisotopic (exact) mass is 212 g/mol. The summed E-state index contributed by atoms with van der Waals surface area (Å²) >= 11 is 0. The van der Waals surface area contributed by atoms with Gasteiger partial charge in [0.2, 0.25) is 0 Å². The molecule has 0 aromatic heterocycles. The molecule has 1 N–H and O–H groups in total. The minimum atomic E-state index is 0.504. The summed E-state index contributed by atoms with van der Waals surface area (Å²) in [6.45, 7) is 15.3. The Morgan fingerprint density at radius 3 is 2.20 bits per heavy atom. The van der Waals surface area contributed by atoms with Gasteiger partial charge in [-0.1, -0.05) is 27.2 Å². The molecular weight excluding hydrogens is 184 g/mol. The molecule has 1 heterocycles. The van der Waals surface area contributed by atoms with Gasteiger partial charge in [-0.2, -0.15) is 0 Å². The van der Waals surface area contributed by atoms with Crippen molar-refractivity contribution in [1.29, 1.82) is 0 Å². The third-order valence-electron chi connectivity index (χ3n) is 4.02. The summed E-state index contributed by atoms with van der Waals surface area (Å²) in [5.41, 5.74) is 0.504. The second kappa shape index (κ2) is 5.31. The van der Waals surface area contributed by atoms with Crippen LogP contribution in [0.15, 0.2) is 0 Å². The summed E-state index contributed by atoms with van der Waals surface area (Å²) < 4.78 is 0. The van der Waals surface area contributed by atoms with Gasteiger partial charge in [0.15, 0.2) is 0 Å². The molecule has 2 atom stereocenters.